The molecule has 3 aromatic heterocycles. The number of hydrogen-bond donors (Lipinski definition) is 0. The van der Waals surface area contributed by atoms with E-state index in [4.69, 9.17) is 9.15 Å². The summed E-state index contributed by atoms with van der Waals surface area (Å²) in [5, 5.41) is 4.53. The second-order valence-electron chi connectivity index (χ2n) is 8.05. The van der Waals surface area contributed by atoms with E-state index >= 15 is 0 Å². The van der Waals surface area contributed by atoms with Crippen molar-refractivity contribution in [2.75, 3.05) is 31.1 Å². The van der Waals surface area contributed by atoms with Gasteiger partial charge in [0.2, 0.25) is 5.95 Å². The molecular weight excluding hydrogens is 448 g/mol. The fourth-order valence-electron chi connectivity index (χ4n) is 3.95. The van der Waals surface area contributed by atoms with Crippen LogP contribution in [0.4, 0.5) is 5.95 Å². The molecule has 5 rings (SSSR count). The van der Waals surface area contributed by atoms with E-state index in [9.17, 15) is 9.59 Å². The van der Waals surface area contributed by atoms with Gasteiger partial charge in [0.1, 0.15) is 5.69 Å². The van der Waals surface area contributed by atoms with Gasteiger partial charge in [-0.2, -0.15) is 5.10 Å². The zero-order valence-corrected chi connectivity index (χ0v) is 19.2. The van der Waals surface area contributed by atoms with Crippen LogP contribution in [0.15, 0.2) is 77.7 Å². The molecule has 10 heteroatoms. The van der Waals surface area contributed by atoms with E-state index < -0.39 is 12.1 Å². The van der Waals surface area contributed by atoms with Crippen LogP contribution in [0.3, 0.4) is 0 Å². The van der Waals surface area contributed by atoms with Crippen LogP contribution in [0.5, 0.6) is 0 Å². The van der Waals surface area contributed by atoms with E-state index in [1.807, 2.05) is 35.2 Å². The molecule has 0 radical (unpaired) electrons. The Labute approximate surface area is 201 Å². The highest BCUT2D eigenvalue weighted by molar-refractivity contribution is 5.92. The molecule has 4 heterocycles. The molecule has 10 nitrogen and oxygen atoms in total. The Bertz CT molecular complexity index is 1280. The minimum atomic E-state index is -0.951. The topological polar surface area (TPSA) is 107 Å². The number of hydrogen-bond acceptors (Lipinski definition) is 8. The SMILES string of the molecule is CC(OC(=O)c1cc(-c2ccco2)nn1-c1ccccc1)C(=O)N1CCN(c2ncccn2)CC1. The number of benzene rings is 1. The Hall–Kier alpha value is -4.47. The molecule has 1 aliphatic heterocycles. The van der Waals surface area contributed by atoms with Crippen LogP contribution in [0.2, 0.25) is 0 Å². The summed E-state index contributed by atoms with van der Waals surface area (Å²) in [6.45, 7) is 3.77. The van der Waals surface area contributed by atoms with Crippen molar-refractivity contribution in [2.24, 2.45) is 0 Å². The first-order chi connectivity index (χ1) is 17.1. The lowest BCUT2D eigenvalue weighted by Gasteiger charge is -2.35. The molecule has 1 amide bonds. The number of aromatic nitrogens is 4. The van der Waals surface area contributed by atoms with Crippen LogP contribution in [0.1, 0.15) is 17.4 Å². The van der Waals surface area contributed by atoms with Crippen LogP contribution >= 0.6 is 0 Å². The van der Waals surface area contributed by atoms with Crippen LogP contribution in [-0.4, -0.2) is 68.8 Å². The molecule has 0 N–H and O–H groups in total. The fraction of sp³-hybridized carbons (Fsp3) is 0.240. The van der Waals surface area contributed by atoms with E-state index in [1.54, 1.807) is 54.7 Å². The van der Waals surface area contributed by atoms with E-state index in [1.165, 1.54) is 4.68 Å². The van der Waals surface area contributed by atoms with Crippen molar-refractivity contribution in [2.45, 2.75) is 13.0 Å². The third-order valence-electron chi connectivity index (χ3n) is 5.75. The molecule has 1 fully saturated rings. The van der Waals surface area contributed by atoms with Crippen molar-refractivity contribution >= 4 is 17.8 Å². The molecule has 1 aliphatic rings. The van der Waals surface area contributed by atoms with Gasteiger partial charge in [-0.25, -0.2) is 19.4 Å². The minimum absolute atomic E-state index is 0.202. The van der Waals surface area contributed by atoms with Crippen molar-refractivity contribution in [1.29, 1.82) is 0 Å². The standard InChI is InChI=1S/C25H24N6O4/c1-18(23(32)29-12-14-30(15-13-29)25-26-10-6-11-27-25)35-24(33)21-17-20(22-9-5-16-34-22)28-31(21)19-7-3-2-4-8-19/h2-11,16-18H,12-15H2,1H3. The average molecular weight is 473 g/mol. The van der Waals surface area contributed by atoms with Gasteiger partial charge in [-0.1, -0.05) is 18.2 Å². The number of furan rings is 1. The lowest BCUT2D eigenvalue weighted by atomic mass is 10.2. The molecule has 0 aliphatic carbocycles. The van der Waals surface area contributed by atoms with Gasteiger partial charge in [0, 0.05) is 44.6 Å². The smallest absolute Gasteiger partial charge is 0.357 e. The van der Waals surface area contributed by atoms with E-state index in [2.05, 4.69) is 15.1 Å². The second-order valence-corrected chi connectivity index (χ2v) is 8.05. The average Bonchev–Trinajstić information content (AvgIpc) is 3.60. The number of esters is 1. The van der Waals surface area contributed by atoms with Crippen molar-refractivity contribution in [1.82, 2.24) is 24.6 Å². The van der Waals surface area contributed by atoms with Gasteiger partial charge in [0.15, 0.2) is 17.6 Å². The Morgan fingerprint density at radius 1 is 0.971 bits per heavy atom. The molecule has 1 atom stereocenters. The highest BCUT2D eigenvalue weighted by atomic mass is 16.5. The zero-order valence-electron chi connectivity index (χ0n) is 19.2. The van der Waals surface area contributed by atoms with Crippen LogP contribution < -0.4 is 4.90 Å². The lowest BCUT2D eigenvalue weighted by Crippen LogP contribution is -2.52. The molecule has 0 spiro atoms. The summed E-state index contributed by atoms with van der Waals surface area (Å²) in [4.78, 5) is 38.4. The normalized spacial score (nSPS) is 14.5. The van der Waals surface area contributed by atoms with Crippen molar-refractivity contribution < 1.29 is 18.7 Å². The first-order valence-corrected chi connectivity index (χ1v) is 11.3. The quantitative estimate of drug-likeness (QED) is 0.395. The fourth-order valence-corrected chi connectivity index (χ4v) is 3.95. The van der Waals surface area contributed by atoms with Gasteiger partial charge in [0.05, 0.1) is 12.0 Å². The third-order valence-corrected chi connectivity index (χ3v) is 5.75. The molecule has 35 heavy (non-hydrogen) atoms. The third kappa shape index (κ3) is 4.77. The van der Waals surface area contributed by atoms with E-state index in [0.29, 0.717) is 49.3 Å². The first kappa shape index (κ1) is 22.3. The number of piperazine rings is 1. The largest absolute Gasteiger partial charge is 0.463 e. The number of rotatable bonds is 6. The predicted molar refractivity (Wildman–Crippen MR) is 127 cm³/mol. The Balaban J connectivity index is 1.28. The summed E-state index contributed by atoms with van der Waals surface area (Å²) in [7, 11) is 0. The van der Waals surface area contributed by atoms with Gasteiger partial charge in [-0.15, -0.1) is 0 Å². The number of amides is 1. The summed E-state index contributed by atoms with van der Waals surface area (Å²) in [6.07, 6.45) is 3.98. The molecule has 4 aromatic rings. The Morgan fingerprint density at radius 2 is 1.71 bits per heavy atom. The molecule has 1 saturated heterocycles. The van der Waals surface area contributed by atoms with Crippen LogP contribution in [0.25, 0.3) is 17.1 Å². The van der Waals surface area contributed by atoms with Gasteiger partial charge in [-0.3, -0.25) is 4.79 Å². The van der Waals surface area contributed by atoms with Gasteiger partial charge in [0.25, 0.3) is 5.91 Å². The Morgan fingerprint density at radius 3 is 2.40 bits per heavy atom. The van der Waals surface area contributed by atoms with Crippen LogP contribution in [-0.2, 0) is 9.53 Å². The number of anilines is 1. The molecule has 0 bridgehead atoms. The van der Waals surface area contributed by atoms with Gasteiger partial charge >= 0.3 is 5.97 Å². The zero-order chi connectivity index (χ0) is 24.2. The molecule has 0 saturated carbocycles. The number of ether oxygens (including phenoxy) is 1. The summed E-state index contributed by atoms with van der Waals surface area (Å²) in [6, 6.07) is 16.1. The molecule has 178 valence electrons. The van der Waals surface area contributed by atoms with Crippen molar-refractivity contribution in [3.8, 4) is 17.1 Å². The monoisotopic (exact) mass is 472 g/mol. The summed E-state index contributed by atoms with van der Waals surface area (Å²) in [5.41, 5.74) is 1.38. The number of nitrogens with zero attached hydrogens (tertiary/aromatic N) is 6. The lowest BCUT2D eigenvalue weighted by molar-refractivity contribution is -0.140. The molecule has 1 unspecified atom stereocenters. The van der Waals surface area contributed by atoms with Gasteiger partial charge in [-0.05, 0) is 37.3 Å². The number of para-hydroxylation sites is 1. The predicted octanol–water partition coefficient (Wildman–Crippen LogP) is 2.82. The summed E-state index contributed by atoms with van der Waals surface area (Å²) < 4.78 is 12.5. The summed E-state index contributed by atoms with van der Waals surface area (Å²) >= 11 is 0. The number of carbonyl (C=O) groups is 2. The maximum absolute atomic E-state index is 13.1. The highest BCUT2D eigenvalue weighted by Gasteiger charge is 2.29. The van der Waals surface area contributed by atoms with Crippen molar-refractivity contribution in [3.63, 3.8) is 0 Å². The maximum Gasteiger partial charge on any atom is 0.357 e. The first-order valence-electron chi connectivity index (χ1n) is 11.3. The Kier molecular flexibility index (Phi) is 6.25. The molecule has 1 aromatic carbocycles. The van der Waals surface area contributed by atoms with Crippen molar-refractivity contribution in [3.05, 3.63) is 78.9 Å². The summed E-state index contributed by atoms with van der Waals surface area (Å²) in [5.74, 6) is 0.277. The number of carbonyl (C=O) groups excluding carboxylic acids is 2. The van der Waals surface area contributed by atoms with E-state index in [0.717, 1.165) is 0 Å². The maximum atomic E-state index is 13.1. The highest BCUT2D eigenvalue weighted by Crippen LogP contribution is 2.23. The minimum Gasteiger partial charge on any atom is -0.463 e. The van der Waals surface area contributed by atoms with Crippen LogP contribution in [0, 0.1) is 0 Å². The van der Waals surface area contributed by atoms with Gasteiger partial charge < -0.3 is 19.0 Å². The second kappa shape index (κ2) is 9.80. The molecular formula is C25H24N6O4. The van der Waals surface area contributed by atoms with E-state index in [-0.39, 0.29) is 11.6 Å².